The summed E-state index contributed by atoms with van der Waals surface area (Å²) in [7, 11) is 0. The van der Waals surface area contributed by atoms with E-state index in [1.807, 2.05) is 12.1 Å². The van der Waals surface area contributed by atoms with Crippen molar-refractivity contribution in [2.75, 3.05) is 0 Å². The summed E-state index contributed by atoms with van der Waals surface area (Å²) in [6.45, 7) is 0. The highest BCUT2D eigenvalue weighted by molar-refractivity contribution is 5.16. The molecule has 0 amide bonds. The summed E-state index contributed by atoms with van der Waals surface area (Å²) in [5.74, 6) is 0. The molecular weight excluding hydrogens is 280 g/mol. The van der Waals surface area contributed by atoms with Crippen molar-refractivity contribution >= 4 is 0 Å². The van der Waals surface area contributed by atoms with Crippen LogP contribution in [0, 0.1) is 0 Å². The molecule has 124 valence electrons. The second-order valence-corrected chi connectivity index (χ2v) is 6.54. The molecule has 0 aliphatic carbocycles. The summed E-state index contributed by atoms with van der Waals surface area (Å²) in [5.41, 5.74) is 15.1. The van der Waals surface area contributed by atoms with Gasteiger partial charge in [-0.2, -0.15) is 0 Å². The third-order valence-electron chi connectivity index (χ3n) is 4.33. The molecular formula is C21H30N2. The van der Waals surface area contributed by atoms with Gasteiger partial charge in [-0.3, -0.25) is 0 Å². The van der Waals surface area contributed by atoms with Gasteiger partial charge in [0, 0.05) is 12.1 Å². The molecule has 2 atom stereocenters. The van der Waals surface area contributed by atoms with Gasteiger partial charge in [-0.25, -0.2) is 0 Å². The molecule has 2 aromatic rings. The molecule has 0 aliphatic heterocycles. The Morgan fingerprint density at radius 3 is 1.35 bits per heavy atom. The molecule has 0 saturated carbocycles. The van der Waals surface area contributed by atoms with E-state index < -0.39 is 0 Å². The lowest BCUT2D eigenvalue weighted by atomic mass is 9.98. The van der Waals surface area contributed by atoms with Gasteiger partial charge in [-0.1, -0.05) is 79.9 Å². The molecule has 2 rings (SSSR count). The predicted octanol–water partition coefficient (Wildman–Crippen LogP) is 4.08. The molecule has 2 aromatic carbocycles. The molecule has 0 radical (unpaired) electrons. The Labute approximate surface area is 140 Å². The second-order valence-electron chi connectivity index (χ2n) is 6.54. The van der Waals surface area contributed by atoms with Crippen LogP contribution in [0.1, 0.15) is 43.2 Å². The molecule has 0 fully saturated rings. The van der Waals surface area contributed by atoms with Crippen molar-refractivity contribution in [2.45, 2.75) is 57.0 Å². The van der Waals surface area contributed by atoms with Crippen LogP contribution >= 0.6 is 0 Å². The number of hydrogen-bond donors (Lipinski definition) is 2. The summed E-state index contributed by atoms with van der Waals surface area (Å²) < 4.78 is 0. The lowest BCUT2D eigenvalue weighted by molar-refractivity contribution is 0.511. The second kappa shape index (κ2) is 10.2. The Morgan fingerprint density at radius 2 is 0.957 bits per heavy atom. The number of rotatable bonds is 10. The first-order valence-electron chi connectivity index (χ1n) is 8.83. The largest absolute Gasteiger partial charge is 0.327 e. The number of unbranched alkanes of at least 4 members (excludes halogenated alkanes) is 2. The molecule has 0 spiro atoms. The lowest BCUT2D eigenvalue weighted by Gasteiger charge is -2.13. The third-order valence-corrected chi connectivity index (χ3v) is 4.33. The molecule has 0 bridgehead atoms. The van der Waals surface area contributed by atoms with E-state index in [0.717, 1.165) is 25.7 Å². The first-order chi connectivity index (χ1) is 11.2. The maximum Gasteiger partial charge on any atom is 0.00793 e. The van der Waals surface area contributed by atoms with Gasteiger partial charge in [0.2, 0.25) is 0 Å². The number of nitrogens with two attached hydrogens (primary N) is 2. The van der Waals surface area contributed by atoms with E-state index in [9.17, 15) is 0 Å². The fraction of sp³-hybridized carbons (Fsp3) is 0.429. The minimum absolute atomic E-state index is 0.274. The van der Waals surface area contributed by atoms with Gasteiger partial charge < -0.3 is 11.5 Å². The van der Waals surface area contributed by atoms with Gasteiger partial charge in [-0.05, 0) is 36.8 Å². The molecule has 0 aliphatic rings. The van der Waals surface area contributed by atoms with E-state index in [0.29, 0.717) is 0 Å². The molecule has 0 heterocycles. The summed E-state index contributed by atoms with van der Waals surface area (Å²) >= 11 is 0. The smallest absolute Gasteiger partial charge is 0.00793 e. The van der Waals surface area contributed by atoms with Crippen molar-refractivity contribution in [1.29, 1.82) is 0 Å². The zero-order valence-electron chi connectivity index (χ0n) is 14.0. The molecule has 2 heteroatoms. The van der Waals surface area contributed by atoms with Gasteiger partial charge in [0.25, 0.3) is 0 Å². The van der Waals surface area contributed by atoms with Crippen LogP contribution in [0.4, 0.5) is 0 Å². The summed E-state index contributed by atoms with van der Waals surface area (Å²) in [6.07, 6.45) is 7.79. The Kier molecular flexibility index (Phi) is 7.85. The normalized spacial score (nSPS) is 13.7. The Morgan fingerprint density at radius 1 is 0.565 bits per heavy atom. The molecule has 2 nitrogen and oxygen atoms in total. The molecule has 4 N–H and O–H groups in total. The number of hydrogen-bond acceptors (Lipinski definition) is 2. The molecule has 0 aromatic heterocycles. The summed E-state index contributed by atoms with van der Waals surface area (Å²) in [6, 6.07) is 21.6. The Hall–Kier alpha value is -1.64. The topological polar surface area (TPSA) is 52.0 Å². The van der Waals surface area contributed by atoms with E-state index in [2.05, 4.69) is 48.5 Å². The van der Waals surface area contributed by atoms with Gasteiger partial charge in [0.15, 0.2) is 0 Å². The van der Waals surface area contributed by atoms with Crippen molar-refractivity contribution < 1.29 is 0 Å². The van der Waals surface area contributed by atoms with E-state index in [-0.39, 0.29) is 12.1 Å². The van der Waals surface area contributed by atoms with Crippen molar-refractivity contribution in [3.05, 3.63) is 71.8 Å². The average Bonchev–Trinajstić information content (AvgIpc) is 2.56. The molecule has 0 saturated heterocycles. The fourth-order valence-corrected chi connectivity index (χ4v) is 3.03. The van der Waals surface area contributed by atoms with Crippen LogP contribution in [0.25, 0.3) is 0 Å². The van der Waals surface area contributed by atoms with E-state index in [4.69, 9.17) is 11.5 Å². The summed E-state index contributed by atoms with van der Waals surface area (Å²) in [4.78, 5) is 0. The standard InChI is InChI=1S/C21H30N2/c22-20(16-18-10-4-1-5-11-18)14-8-3-9-15-21(23)17-19-12-6-2-7-13-19/h1-2,4-7,10-13,20-21H,3,8-9,14-17,22-23H2. The zero-order valence-corrected chi connectivity index (χ0v) is 14.0. The molecule has 23 heavy (non-hydrogen) atoms. The third kappa shape index (κ3) is 7.45. The van der Waals surface area contributed by atoms with Crippen LogP contribution in [-0.4, -0.2) is 12.1 Å². The van der Waals surface area contributed by atoms with Crippen LogP contribution in [0.3, 0.4) is 0 Å². The highest BCUT2D eigenvalue weighted by Crippen LogP contribution is 2.12. The van der Waals surface area contributed by atoms with E-state index >= 15 is 0 Å². The average molecular weight is 310 g/mol. The number of benzene rings is 2. The minimum atomic E-state index is 0.274. The highest BCUT2D eigenvalue weighted by atomic mass is 14.6. The van der Waals surface area contributed by atoms with Crippen LogP contribution in [0.2, 0.25) is 0 Å². The van der Waals surface area contributed by atoms with E-state index in [1.54, 1.807) is 0 Å². The van der Waals surface area contributed by atoms with Gasteiger partial charge in [0.1, 0.15) is 0 Å². The van der Waals surface area contributed by atoms with E-state index in [1.165, 1.54) is 30.4 Å². The van der Waals surface area contributed by atoms with Crippen molar-refractivity contribution in [3.63, 3.8) is 0 Å². The highest BCUT2D eigenvalue weighted by Gasteiger charge is 2.06. The zero-order chi connectivity index (χ0) is 16.3. The van der Waals surface area contributed by atoms with Crippen LogP contribution in [0.15, 0.2) is 60.7 Å². The quantitative estimate of drug-likeness (QED) is 0.650. The van der Waals surface area contributed by atoms with Gasteiger partial charge in [-0.15, -0.1) is 0 Å². The van der Waals surface area contributed by atoms with Crippen molar-refractivity contribution in [2.24, 2.45) is 11.5 Å². The summed E-state index contributed by atoms with van der Waals surface area (Å²) in [5, 5.41) is 0. The van der Waals surface area contributed by atoms with Crippen LogP contribution in [0.5, 0.6) is 0 Å². The van der Waals surface area contributed by atoms with Crippen LogP contribution < -0.4 is 11.5 Å². The minimum Gasteiger partial charge on any atom is -0.327 e. The van der Waals surface area contributed by atoms with Crippen molar-refractivity contribution in [3.8, 4) is 0 Å². The maximum atomic E-state index is 6.23. The molecule has 2 unspecified atom stereocenters. The Bertz CT molecular complexity index is 475. The Balaban J connectivity index is 1.53. The predicted molar refractivity (Wildman–Crippen MR) is 99.3 cm³/mol. The SMILES string of the molecule is NC(CCCCCC(N)Cc1ccccc1)Cc1ccccc1. The van der Waals surface area contributed by atoms with Crippen molar-refractivity contribution in [1.82, 2.24) is 0 Å². The first-order valence-corrected chi connectivity index (χ1v) is 8.83. The monoisotopic (exact) mass is 310 g/mol. The first kappa shape index (κ1) is 17.7. The fourth-order valence-electron chi connectivity index (χ4n) is 3.03. The maximum absolute atomic E-state index is 6.23. The lowest BCUT2D eigenvalue weighted by Crippen LogP contribution is -2.23. The van der Waals surface area contributed by atoms with Gasteiger partial charge >= 0.3 is 0 Å². The van der Waals surface area contributed by atoms with Crippen LogP contribution in [-0.2, 0) is 12.8 Å². The van der Waals surface area contributed by atoms with Gasteiger partial charge in [0.05, 0.1) is 0 Å².